The minimum Gasteiger partial charge on any atom is -0.318 e. The number of para-hydroxylation sites is 1. The van der Waals surface area contributed by atoms with Crippen molar-refractivity contribution >= 4 is 39.1 Å². The lowest BCUT2D eigenvalue weighted by atomic mass is 9.89. The van der Waals surface area contributed by atoms with Crippen molar-refractivity contribution in [3.05, 3.63) is 103 Å². The van der Waals surface area contributed by atoms with Gasteiger partial charge in [0.25, 0.3) is 5.56 Å². The molecule has 3 aromatic heterocycles. The number of hydrogen-bond acceptors (Lipinski definition) is 5. The Hall–Kier alpha value is -3.42. The molecule has 3 heterocycles. The number of ketones is 1. The topological polar surface area (TPSA) is 56.9 Å². The van der Waals surface area contributed by atoms with Gasteiger partial charge in [-0.15, -0.1) is 11.3 Å². The molecule has 6 rings (SSSR count). The molecule has 1 aliphatic rings. The van der Waals surface area contributed by atoms with Gasteiger partial charge in [0.1, 0.15) is 4.83 Å². The second-order valence-corrected chi connectivity index (χ2v) is 13.0. The highest BCUT2D eigenvalue weighted by Gasteiger charge is 2.26. The van der Waals surface area contributed by atoms with Crippen molar-refractivity contribution in [3.63, 3.8) is 0 Å². The highest BCUT2D eigenvalue weighted by molar-refractivity contribution is 7.99. The van der Waals surface area contributed by atoms with Crippen LogP contribution in [0.15, 0.2) is 64.5 Å². The maximum atomic E-state index is 14.0. The minimum absolute atomic E-state index is 0.0291. The summed E-state index contributed by atoms with van der Waals surface area (Å²) in [6, 6.07) is 18.0. The van der Waals surface area contributed by atoms with Crippen LogP contribution in [0.3, 0.4) is 0 Å². The van der Waals surface area contributed by atoms with Crippen molar-refractivity contribution in [2.24, 2.45) is 5.92 Å². The zero-order valence-electron chi connectivity index (χ0n) is 23.6. The van der Waals surface area contributed by atoms with E-state index in [1.165, 1.54) is 33.3 Å². The van der Waals surface area contributed by atoms with Crippen LogP contribution < -0.4 is 5.56 Å². The van der Waals surface area contributed by atoms with E-state index in [2.05, 4.69) is 43.5 Å². The highest BCUT2D eigenvalue weighted by Crippen LogP contribution is 2.37. The SMILES string of the molecule is Cc1ccc(-n2c(C)cc(C(=O)CSc3nc4sc5c(c4c(=O)n3-c3ccccc3)CC[C@H](C)C5)c2C)cc1C. The van der Waals surface area contributed by atoms with Crippen LogP contribution in [0.5, 0.6) is 0 Å². The number of aromatic nitrogens is 3. The van der Waals surface area contributed by atoms with Crippen LogP contribution in [0.2, 0.25) is 0 Å². The number of aryl methyl sites for hydroxylation is 4. The summed E-state index contributed by atoms with van der Waals surface area (Å²) >= 11 is 2.99. The molecule has 204 valence electrons. The highest BCUT2D eigenvalue weighted by atomic mass is 32.2. The van der Waals surface area contributed by atoms with E-state index in [-0.39, 0.29) is 17.1 Å². The smallest absolute Gasteiger partial charge is 0.267 e. The van der Waals surface area contributed by atoms with Gasteiger partial charge in [-0.3, -0.25) is 14.2 Å². The summed E-state index contributed by atoms with van der Waals surface area (Å²) in [4.78, 5) is 34.7. The summed E-state index contributed by atoms with van der Waals surface area (Å²) in [7, 11) is 0. The molecule has 7 heteroatoms. The van der Waals surface area contributed by atoms with E-state index in [0.29, 0.717) is 16.6 Å². The van der Waals surface area contributed by atoms with Gasteiger partial charge in [-0.25, -0.2) is 4.98 Å². The summed E-state index contributed by atoms with van der Waals surface area (Å²) in [5, 5.41) is 1.31. The summed E-state index contributed by atoms with van der Waals surface area (Å²) in [6.07, 6.45) is 3.01. The third-order valence-electron chi connectivity index (χ3n) is 8.13. The minimum atomic E-state index is -0.0360. The number of fused-ring (bicyclic) bond motifs is 3. The lowest BCUT2D eigenvalue weighted by Gasteiger charge is -2.17. The van der Waals surface area contributed by atoms with Crippen LogP contribution in [0.1, 0.15) is 56.7 Å². The van der Waals surface area contributed by atoms with Crippen LogP contribution in [-0.4, -0.2) is 25.7 Å². The third-order valence-corrected chi connectivity index (χ3v) is 10.2. The zero-order valence-corrected chi connectivity index (χ0v) is 25.2. The molecule has 1 atom stereocenters. The standard InChI is InChI=1S/C33H33N3O2S2/c1-19-11-14-26-29(15-19)40-31-30(26)32(38)36(24-9-7-6-8-10-24)33(34-31)39-18-28(37)27-17-22(4)35(23(27)5)25-13-12-20(2)21(3)16-25/h6-10,12-13,16-17,19H,11,14-15,18H2,1-5H3/t19-/m0/s1. The molecule has 0 saturated carbocycles. The fraction of sp³-hybridized carbons (Fsp3) is 0.303. The van der Waals surface area contributed by atoms with Gasteiger partial charge >= 0.3 is 0 Å². The quantitative estimate of drug-likeness (QED) is 0.121. The molecule has 0 bridgehead atoms. The first-order valence-corrected chi connectivity index (χ1v) is 15.6. The average Bonchev–Trinajstić information content (AvgIpc) is 3.45. The Balaban J connectivity index is 1.37. The summed E-state index contributed by atoms with van der Waals surface area (Å²) in [6.45, 7) is 10.5. The van der Waals surface area contributed by atoms with Gasteiger partial charge in [0.2, 0.25) is 0 Å². The summed E-state index contributed by atoms with van der Waals surface area (Å²) in [5.41, 5.74) is 8.09. The third kappa shape index (κ3) is 4.65. The van der Waals surface area contributed by atoms with E-state index in [1.807, 2.05) is 50.2 Å². The number of thiophene rings is 1. The summed E-state index contributed by atoms with van der Waals surface area (Å²) < 4.78 is 3.84. The molecule has 0 radical (unpaired) electrons. The predicted octanol–water partition coefficient (Wildman–Crippen LogP) is 7.57. The van der Waals surface area contributed by atoms with Gasteiger partial charge in [0, 0.05) is 27.5 Å². The molecule has 40 heavy (non-hydrogen) atoms. The Kier molecular flexibility index (Phi) is 7.05. The fourth-order valence-electron chi connectivity index (χ4n) is 5.79. The Labute approximate surface area is 242 Å². The molecule has 0 amide bonds. The first kappa shape index (κ1) is 26.8. The Morgan fingerprint density at radius 2 is 1.77 bits per heavy atom. The van der Waals surface area contributed by atoms with Crippen LogP contribution in [0, 0.1) is 33.6 Å². The lowest BCUT2D eigenvalue weighted by molar-refractivity contribution is 0.102. The molecule has 1 aliphatic carbocycles. The molecular weight excluding hydrogens is 535 g/mol. The van der Waals surface area contributed by atoms with E-state index >= 15 is 0 Å². The van der Waals surface area contributed by atoms with E-state index < -0.39 is 0 Å². The first-order valence-electron chi connectivity index (χ1n) is 13.8. The second-order valence-electron chi connectivity index (χ2n) is 11.0. The van der Waals surface area contributed by atoms with E-state index in [4.69, 9.17) is 4.98 Å². The maximum absolute atomic E-state index is 14.0. The van der Waals surface area contributed by atoms with E-state index in [9.17, 15) is 9.59 Å². The largest absolute Gasteiger partial charge is 0.318 e. The van der Waals surface area contributed by atoms with Gasteiger partial charge in [0.05, 0.1) is 16.8 Å². The molecular formula is C33H33N3O2S2. The molecule has 0 fully saturated rings. The van der Waals surface area contributed by atoms with Crippen LogP contribution in [0.4, 0.5) is 0 Å². The molecule has 0 unspecified atom stereocenters. The second kappa shape index (κ2) is 10.5. The number of hydrogen-bond donors (Lipinski definition) is 0. The number of rotatable bonds is 6. The van der Waals surface area contributed by atoms with Crippen molar-refractivity contribution in [1.29, 1.82) is 0 Å². The van der Waals surface area contributed by atoms with Crippen molar-refractivity contribution in [2.45, 2.75) is 59.0 Å². The number of Topliss-reactive ketones (excluding diaryl/α,β-unsaturated/α-hetero) is 1. The molecule has 5 aromatic rings. The van der Waals surface area contributed by atoms with Gasteiger partial charge in [-0.05, 0) is 99.9 Å². The first-order chi connectivity index (χ1) is 19.2. The van der Waals surface area contributed by atoms with Crippen molar-refractivity contribution < 1.29 is 4.79 Å². The summed E-state index contributed by atoms with van der Waals surface area (Å²) in [5.74, 6) is 0.845. The Morgan fingerprint density at radius 3 is 2.52 bits per heavy atom. The van der Waals surface area contributed by atoms with Gasteiger partial charge in [-0.2, -0.15) is 0 Å². The Bertz CT molecular complexity index is 1830. The van der Waals surface area contributed by atoms with Crippen LogP contribution in [-0.2, 0) is 12.8 Å². The van der Waals surface area contributed by atoms with Crippen LogP contribution in [0.25, 0.3) is 21.6 Å². The van der Waals surface area contributed by atoms with E-state index in [0.717, 1.165) is 52.2 Å². The average molecular weight is 568 g/mol. The molecule has 5 nitrogen and oxygen atoms in total. The van der Waals surface area contributed by atoms with Gasteiger partial charge in [0.15, 0.2) is 10.9 Å². The predicted molar refractivity (Wildman–Crippen MR) is 166 cm³/mol. The van der Waals surface area contributed by atoms with Crippen molar-refractivity contribution in [2.75, 3.05) is 5.75 Å². The molecule has 0 aliphatic heterocycles. The molecule has 0 saturated heterocycles. The van der Waals surface area contributed by atoms with Crippen LogP contribution >= 0.6 is 23.1 Å². The van der Waals surface area contributed by atoms with Crippen molar-refractivity contribution in [1.82, 2.24) is 14.1 Å². The molecule has 2 aromatic carbocycles. The van der Waals surface area contributed by atoms with Gasteiger partial charge < -0.3 is 4.57 Å². The monoisotopic (exact) mass is 567 g/mol. The number of benzene rings is 2. The maximum Gasteiger partial charge on any atom is 0.267 e. The lowest BCUT2D eigenvalue weighted by Crippen LogP contribution is -2.23. The zero-order chi connectivity index (χ0) is 28.1. The number of thioether (sulfide) groups is 1. The Morgan fingerprint density at radius 1 is 1.00 bits per heavy atom. The number of carbonyl (C=O) groups excluding carboxylic acids is 1. The normalized spacial score (nSPS) is 15.0. The van der Waals surface area contributed by atoms with E-state index in [1.54, 1.807) is 15.9 Å². The fourth-order valence-corrected chi connectivity index (χ4v) is 8.11. The molecule has 0 N–H and O–H groups in total. The number of carbonyl (C=O) groups is 1. The van der Waals surface area contributed by atoms with Crippen molar-refractivity contribution in [3.8, 4) is 11.4 Å². The number of nitrogens with zero attached hydrogens (tertiary/aromatic N) is 3. The van der Waals surface area contributed by atoms with Gasteiger partial charge in [-0.1, -0.05) is 43.0 Å². The molecule has 0 spiro atoms.